The normalized spacial score (nSPS) is 16.3. The van der Waals surface area contributed by atoms with Crippen LogP contribution in [0.15, 0.2) is 65.4 Å². The maximum absolute atomic E-state index is 12.3. The summed E-state index contributed by atoms with van der Waals surface area (Å²) < 4.78 is 7.59. The van der Waals surface area contributed by atoms with Crippen LogP contribution in [-0.4, -0.2) is 69.4 Å². The third-order valence-corrected chi connectivity index (χ3v) is 7.48. The van der Waals surface area contributed by atoms with Crippen LogP contribution in [0.3, 0.4) is 0 Å². The molecule has 1 fully saturated rings. The largest absolute Gasteiger partial charge is 0.464 e. The Balaban J connectivity index is 1.19. The number of amides is 1. The van der Waals surface area contributed by atoms with Gasteiger partial charge < -0.3 is 14.4 Å². The van der Waals surface area contributed by atoms with Crippen molar-refractivity contribution >= 4 is 34.1 Å². The van der Waals surface area contributed by atoms with Gasteiger partial charge in [0.1, 0.15) is 17.3 Å². The molecule has 8 nitrogen and oxygen atoms in total. The van der Waals surface area contributed by atoms with Crippen molar-refractivity contribution in [3.63, 3.8) is 0 Å². The van der Waals surface area contributed by atoms with E-state index in [2.05, 4.69) is 34.3 Å². The van der Waals surface area contributed by atoms with Crippen LogP contribution in [0.2, 0.25) is 5.02 Å². The number of furan rings is 1. The maximum Gasteiger partial charge on any atom is 0.236 e. The van der Waals surface area contributed by atoms with Crippen molar-refractivity contribution in [2.75, 3.05) is 32.7 Å². The zero-order valence-corrected chi connectivity index (χ0v) is 21.4. The number of carbonyl (C=O) groups excluding carboxylic acids is 1. The van der Waals surface area contributed by atoms with Gasteiger partial charge in [0.2, 0.25) is 5.91 Å². The molecule has 0 aliphatic carbocycles. The molecule has 0 bridgehead atoms. The lowest BCUT2D eigenvalue weighted by molar-refractivity contribution is -0.142. The number of halogens is 1. The molecule has 192 valence electrons. The summed E-state index contributed by atoms with van der Waals surface area (Å²) in [7, 11) is 0. The molecule has 0 atom stereocenters. The molecule has 2 aliphatic rings. The van der Waals surface area contributed by atoms with Crippen LogP contribution < -0.4 is 0 Å². The van der Waals surface area contributed by atoms with Crippen LogP contribution in [0.5, 0.6) is 0 Å². The topological polar surface area (TPSA) is 98.5 Å². The van der Waals surface area contributed by atoms with Crippen LogP contribution in [0.1, 0.15) is 23.1 Å². The number of benzene rings is 2. The van der Waals surface area contributed by atoms with Crippen molar-refractivity contribution in [1.82, 2.24) is 19.6 Å². The number of rotatable bonds is 6. The highest BCUT2D eigenvalue weighted by atomic mass is 35.5. The van der Waals surface area contributed by atoms with Crippen molar-refractivity contribution in [2.45, 2.75) is 19.1 Å². The summed E-state index contributed by atoms with van der Waals surface area (Å²) in [5.41, 5.74) is 6.13. The number of nitrogens with zero attached hydrogens (tertiary/aromatic N) is 5. The summed E-state index contributed by atoms with van der Waals surface area (Å²) >= 11 is 6.02. The molecule has 4 aromatic rings. The van der Waals surface area contributed by atoms with E-state index in [4.69, 9.17) is 16.0 Å². The fourth-order valence-electron chi connectivity index (χ4n) is 5.05. The van der Waals surface area contributed by atoms with Gasteiger partial charge in [-0.05, 0) is 41.8 Å². The summed E-state index contributed by atoms with van der Waals surface area (Å²) in [6.07, 6.45) is 6.17. The van der Waals surface area contributed by atoms with Gasteiger partial charge in [0.15, 0.2) is 0 Å². The highest BCUT2D eigenvalue weighted by Gasteiger charge is 2.29. The van der Waals surface area contributed by atoms with Crippen LogP contribution >= 0.6 is 11.6 Å². The Morgan fingerprint density at radius 3 is 2.68 bits per heavy atom. The first-order valence-electron chi connectivity index (χ1n) is 12.6. The van der Waals surface area contributed by atoms with Gasteiger partial charge in [-0.15, -0.1) is 0 Å². The molecule has 38 heavy (non-hydrogen) atoms. The van der Waals surface area contributed by atoms with Crippen LogP contribution in [0.4, 0.5) is 0 Å². The Labute approximate surface area is 224 Å². The lowest BCUT2D eigenvalue weighted by Crippen LogP contribution is -2.56. The molecular formula is C29H26ClN5O3. The number of carbonyl (C=O) groups is 1. The number of aromatic nitrogens is 2. The Hall–Kier alpha value is -3.90. The quantitative estimate of drug-likeness (QED) is 0.404. The summed E-state index contributed by atoms with van der Waals surface area (Å²) in [5, 5.41) is 25.4. The van der Waals surface area contributed by atoms with Crippen LogP contribution in [-0.2, 0) is 11.3 Å². The Kier molecular flexibility index (Phi) is 6.50. The van der Waals surface area contributed by atoms with E-state index in [9.17, 15) is 15.2 Å². The first kappa shape index (κ1) is 24.4. The molecule has 9 heteroatoms. The number of aliphatic hydroxyl groups is 1. The van der Waals surface area contributed by atoms with Gasteiger partial charge in [-0.25, -0.2) is 0 Å². The number of hydrogen-bond donors (Lipinski definition) is 1. The number of hydrogen-bond acceptors (Lipinski definition) is 6. The summed E-state index contributed by atoms with van der Waals surface area (Å²) in [5.74, 6) is 0.0778. The maximum atomic E-state index is 12.3. The third-order valence-electron chi connectivity index (χ3n) is 7.22. The molecular weight excluding hydrogens is 502 g/mol. The zero-order chi connectivity index (χ0) is 26.2. The molecule has 6 rings (SSSR count). The van der Waals surface area contributed by atoms with Gasteiger partial charge in [0.25, 0.3) is 0 Å². The van der Waals surface area contributed by atoms with E-state index in [0.717, 1.165) is 40.6 Å². The van der Waals surface area contributed by atoms with Crippen molar-refractivity contribution in [2.24, 2.45) is 0 Å². The SMILES string of the molecule is N#Cc1cn(Cc2coc3ccc(C4=CCN(CC(=O)N5CC(O)C5)CC4)cc23)nc1-c1ccc(Cl)cc1. The summed E-state index contributed by atoms with van der Waals surface area (Å²) in [4.78, 5) is 16.2. The average Bonchev–Trinajstić information content (AvgIpc) is 3.51. The van der Waals surface area contributed by atoms with E-state index in [-0.39, 0.29) is 12.0 Å². The fraction of sp³-hybridized carbons (Fsp3) is 0.276. The van der Waals surface area contributed by atoms with Crippen molar-refractivity contribution < 1.29 is 14.3 Å². The standard InChI is InChI=1S/C29H26ClN5O3/c30-24-4-1-20(2-5-24)29-22(12-31)13-35(32-29)14-23-18-38-27-6-3-21(11-26(23)27)19-7-9-33(10-8-19)17-28(37)34-15-25(36)16-34/h1-7,11,13,18,25,36H,8-10,14-17H2. The molecule has 1 saturated heterocycles. The molecule has 4 heterocycles. The predicted octanol–water partition coefficient (Wildman–Crippen LogP) is 4.16. The highest BCUT2D eigenvalue weighted by molar-refractivity contribution is 6.30. The minimum atomic E-state index is -0.373. The first-order chi connectivity index (χ1) is 18.5. The minimum absolute atomic E-state index is 0.0778. The van der Waals surface area contributed by atoms with Gasteiger partial charge in [-0.1, -0.05) is 35.9 Å². The Morgan fingerprint density at radius 1 is 1.18 bits per heavy atom. The molecule has 0 unspecified atom stereocenters. The zero-order valence-electron chi connectivity index (χ0n) is 20.7. The Bertz CT molecular complexity index is 1570. The van der Waals surface area contributed by atoms with Gasteiger partial charge in [-0.3, -0.25) is 14.4 Å². The number of likely N-dealkylation sites (tertiary alicyclic amines) is 1. The lowest BCUT2D eigenvalue weighted by atomic mass is 9.97. The molecule has 2 aromatic heterocycles. The molecule has 2 aromatic carbocycles. The molecule has 1 N–H and O–H groups in total. The van der Waals surface area contributed by atoms with Crippen molar-refractivity contribution in [3.8, 4) is 17.3 Å². The summed E-state index contributed by atoms with van der Waals surface area (Å²) in [6, 6.07) is 15.8. The van der Waals surface area contributed by atoms with Gasteiger partial charge in [-0.2, -0.15) is 10.4 Å². The monoisotopic (exact) mass is 527 g/mol. The minimum Gasteiger partial charge on any atom is -0.464 e. The van der Waals surface area contributed by atoms with E-state index in [1.165, 1.54) is 5.57 Å². The van der Waals surface area contributed by atoms with Crippen molar-refractivity contribution in [1.29, 1.82) is 5.26 Å². The number of fused-ring (bicyclic) bond motifs is 1. The van der Waals surface area contributed by atoms with E-state index in [1.807, 2.05) is 18.2 Å². The Morgan fingerprint density at radius 2 is 1.97 bits per heavy atom. The van der Waals surface area contributed by atoms with E-state index in [0.29, 0.717) is 49.0 Å². The lowest BCUT2D eigenvalue weighted by Gasteiger charge is -2.37. The van der Waals surface area contributed by atoms with E-state index < -0.39 is 0 Å². The molecule has 0 spiro atoms. The molecule has 0 radical (unpaired) electrons. The number of β-amino-alcohol motifs (C(OH)–C–C–N with tert-alkyl or cyclic N) is 1. The fourth-order valence-corrected chi connectivity index (χ4v) is 5.18. The number of aliphatic hydroxyl groups excluding tert-OH is 1. The molecule has 0 saturated carbocycles. The summed E-state index contributed by atoms with van der Waals surface area (Å²) in [6.45, 7) is 3.26. The van der Waals surface area contributed by atoms with Gasteiger partial charge >= 0.3 is 0 Å². The second-order valence-corrected chi connectivity index (χ2v) is 10.3. The van der Waals surface area contributed by atoms with Crippen LogP contribution in [0.25, 0.3) is 27.8 Å². The van der Waals surface area contributed by atoms with Crippen molar-refractivity contribution in [3.05, 3.63) is 82.7 Å². The predicted molar refractivity (Wildman–Crippen MR) is 144 cm³/mol. The van der Waals surface area contributed by atoms with Gasteiger partial charge in [0, 0.05) is 53.9 Å². The first-order valence-corrected chi connectivity index (χ1v) is 13.0. The second-order valence-electron chi connectivity index (χ2n) is 9.85. The van der Waals surface area contributed by atoms with Gasteiger partial charge in [0.05, 0.1) is 31.0 Å². The van der Waals surface area contributed by atoms with E-state index >= 15 is 0 Å². The molecule has 1 amide bonds. The van der Waals surface area contributed by atoms with E-state index in [1.54, 1.807) is 34.2 Å². The third kappa shape index (κ3) is 4.84. The smallest absolute Gasteiger partial charge is 0.236 e. The second kappa shape index (κ2) is 10.1. The molecule has 2 aliphatic heterocycles. The number of nitriles is 1. The highest BCUT2D eigenvalue weighted by Crippen LogP contribution is 2.30. The van der Waals surface area contributed by atoms with Crippen LogP contribution in [0, 0.1) is 11.3 Å². The average molecular weight is 528 g/mol.